The van der Waals surface area contributed by atoms with Crippen molar-refractivity contribution in [3.63, 3.8) is 0 Å². The Morgan fingerprint density at radius 1 is 1.43 bits per heavy atom. The van der Waals surface area contributed by atoms with Gasteiger partial charge in [0, 0.05) is 24.2 Å². The van der Waals surface area contributed by atoms with Gasteiger partial charge in [-0.25, -0.2) is 9.67 Å². The van der Waals surface area contributed by atoms with Gasteiger partial charge in [-0.1, -0.05) is 10.4 Å². The molecular formula is C12H13N7OS. The Labute approximate surface area is 124 Å². The van der Waals surface area contributed by atoms with Crippen molar-refractivity contribution >= 4 is 11.3 Å². The van der Waals surface area contributed by atoms with Crippen LogP contribution in [0.3, 0.4) is 0 Å². The van der Waals surface area contributed by atoms with Crippen molar-refractivity contribution < 1.29 is 4.52 Å². The number of hydrogen-bond acceptors (Lipinski definition) is 8. The second kappa shape index (κ2) is 5.01. The van der Waals surface area contributed by atoms with E-state index in [-0.39, 0.29) is 0 Å². The van der Waals surface area contributed by atoms with Gasteiger partial charge >= 0.3 is 0 Å². The van der Waals surface area contributed by atoms with Gasteiger partial charge in [0.15, 0.2) is 11.5 Å². The summed E-state index contributed by atoms with van der Waals surface area (Å²) in [6.45, 7) is 3.80. The van der Waals surface area contributed by atoms with Crippen molar-refractivity contribution in [3.8, 4) is 11.6 Å². The summed E-state index contributed by atoms with van der Waals surface area (Å²) >= 11 is 1.60. The summed E-state index contributed by atoms with van der Waals surface area (Å²) in [5, 5.41) is 18.3. The van der Waals surface area contributed by atoms with E-state index in [9.17, 15) is 0 Å². The fourth-order valence-corrected chi connectivity index (χ4v) is 2.83. The van der Waals surface area contributed by atoms with Crippen molar-refractivity contribution in [1.29, 1.82) is 0 Å². The van der Waals surface area contributed by atoms with E-state index in [0.717, 1.165) is 23.8 Å². The fourth-order valence-electron chi connectivity index (χ4n) is 2.06. The molecule has 0 spiro atoms. The molecule has 3 aromatic heterocycles. The molecule has 0 saturated carbocycles. The van der Waals surface area contributed by atoms with Crippen LogP contribution in [0, 0.1) is 6.92 Å². The van der Waals surface area contributed by atoms with E-state index in [1.165, 1.54) is 0 Å². The number of aromatic nitrogens is 6. The van der Waals surface area contributed by atoms with E-state index in [2.05, 4.69) is 30.8 Å². The predicted octanol–water partition coefficient (Wildman–Crippen LogP) is 0.828. The molecule has 0 amide bonds. The molecule has 0 bridgehead atoms. The van der Waals surface area contributed by atoms with Crippen LogP contribution in [0.15, 0.2) is 16.1 Å². The van der Waals surface area contributed by atoms with Crippen LogP contribution in [0.2, 0.25) is 0 Å². The van der Waals surface area contributed by atoms with Gasteiger partial charge in [-0.05, 0) is 6.92 Å². The minimum atomic E-state index is 0.368. The molecule has 0 aliphatic carbocycles. The first-order valence-corrected chi connectivity index (χ1v) is 7.52. The van der Waals surface area contributed by atoms with Crippen molar-refractivity contribution in [1.82, 2.24) is 35.4 Å². The standard InChI is InChI=1S/C12H13N7OS/c1-7-6-21-11(14-7)2-10-15-12(20-17-10)9-5-19(18-16-9)8-3-13-4-8/h5-6,8,13H,2-4H2,1H3. The molecule has 1 saturated heterocycles. The molecule has 4 rings (SSSR count). The van der Waals surface area contributed by atoms with Crippen LogP contribution in [0.5, 0.6) is 0 Å². The third-order valence-corrected chi connectivity index (χ3v) is 4.27. The first-order valence-electron chi connectivity index (χ1n) is 6.64. The van der Waals surface area contributed by atoms with Crippen LogP contribution < -0.4 is 5.32 Å². The molecule has 3 aromatic rings. The molecule has 1 fully saturated rings. The topological polar surface area (TPSA) is 94.6 Å². The number of thiazole rings is 1. The van der Waals surface area contributed by atoms with Gasteiger partial charge in [0.05, 0.1) is 18.7 Å². The SMILES string of the molecule is Cc1csc(Cc2noc(-c3cn(C4CNC4)nn3)n2)n1. The summed E-state index contributed by atoms with van der Waals surface area (Å²) in [5.41, 5.74) is 1.62. The molecule has 0 aromatic carbocycles. The van der Waals surface area contributed by atoms with Crippen LogP contribution in [0.1, 0.15) is 22.6 Å². The number of hydrogen-bond donors (Lipinski definition) is 1. The van der Waals surface area contributed by atoms with Crippen molar-refractivity contribution in [2.45, 2.75) is 19.4 Å². The molecule has 8 nitrogen and oxygen atoms in total. The van der Waals surface area contributed by atoms with Crippen molar-refractivity contribution in [2.75, 3.05) is 13.1 Å². The van der Waals surface area contributed by atoms with Gasteiger partial charge in [-0.3, -0.25) is 0 Å². The molecule has 1 aliphatic rings. The number of nitrogens with one attached hydrogen (secondary N) is 1. The number of nitrogens with zero attached hydrogens (tertiary/aromatic N) is 6. The maximum Gasteiger partial charge on any atom is 0.280 e. The quantitative estimate of drug-likeness (QED) is 0.762. The van der Waals surface area contributed by atoms with E-state index in [0.29, 0.717) is 29.9 Å². The number of aryl methyl sites for hydroxylation is 1. The van der Waals surface area contributed by atoms with Gasteiger partial charge < -0.3 is 9.84 Å². The smallest absolute Gasteiger partial charge is 0.280 e. The van der Waals surface area contributed by atoms with E-state index in [4.69, 9.17) is 4.52 Å². The van der Waals surface area contributed by atoms with Gasteiger partial charge in [0.2, 0.25) is 0 Å². The molecule has 1 aliphatic heterocycles. The van der Waals surface area contributed by atoms with E-state index in [1.807, 2.05) is 23.2 Å². The Morgan fingerprint density at radius 3 is 3.05 bits per heavy atom. The van der Waals surface area contributed by atoms with Gasteiger partial charge in [0.25, 0.3) is 5.89 Å². The van der Waals surface area contributed by atoms with Crippen molar-refractivity contribution in [3.05, 3.63) is 28.1 Å². The molecule has 108 valence electrons. The summed E-state index contributed by atoms with van der Waals surface area (Å²) in [7, 11) is 0. The molecule has 0 unspecified atom stereocenters. The van der Waals surface area contributed by atoms with Gasteiger partial charge in [0.1, 0.15) is 5.01 Å². The lowest BCUT2D eigenvalue weighted by molar-refractivity contribution is 0.313. The predicted molar refractivity (Wildman–Crippen MR) is 74.9 cm³/mol. The second-order valence-electron chi connectivity index (χ2n) is 4.97. The molecule has 21 heavy (non-hydrogen) atoms. The molecule has 0 radical (unpaired) electrons. The molecule has 1 N–H and O–H groups in total. The summed E-state index contributed by atoms with van der Waals surface area (Å²) in [6, 6.07) is 0.368. The van der Waals surface area contributed by atoms with Crippen LogP contribution >= 0.6 is 11.3 Å². The minimum absolute atomic E-state index is 0.368. The first-order chi connectivity index (χ1) is 10.3. The van der Waals surface area contributed by atoms with E-state index in [1.54, 1.807) is 11.3 Å². The largest absolute Gasteiger partial charge is 0.332 e. The lowest BCUT2D eigenvalue weighted by Gasteiger charge is -2.26. The zero-order valence-corrected chi connectivity index (χ0v) is 12.2. The Balaban J connectivity index is 1.52. The lowest BCUT2D eigenvalue weighted by Crippen LogP contribution is -2.43. The highest BCUT2D eigenvalue weighted by molar-refractivity contribution is 7.09. The summed E-state index contributed by atoms with van der Waals surface area (Å²) in [6.07, 6.45) is 2.42. The summed E-state index contributed by atoms with van der Waals surface area (Å²) in [4.78, 5) is 8.75. The zero-order chi connectivity index (χ0) is 14.2. The third-order valence-electron chi connectivity index (χ3n) is 3.31. The molecule has 4 heterocycles. The number of rotatable bonds is 4. The van der Waals surface area contributed by atoms with Crippen LogP contribution in [0.4, 0.5) is 0 Å². The van der Waals surface area contributed by atoms with Crippen LogP contribution in [-0.2, 0) is 6.42 Å². The Kier molecular flexibility index (Phi) is 3.00. The van der Waals surface area contributed by atoms with Gasteiger partial charge in [-0.2, -0.15) is 4.98 Å². The monoisotopic (exact) mass is 303 g/mol. The average molecular weight is 303 g/mol. The second-order valence-corrected chi connectivity index (χ2v) is 5.91. The van der Waals surface area contributed by atoms with Crippen LogP contribution in [-0.4, -0.2) is 43.2 Å². The third kappa shape index (κ3) is 2.45. The van der Waals surface area contributed by atoms with E-state index >= 15 is 0 Å². The molecular weight excluding hydrogens is 290 g/mol. The molecule has 0 atom stereocenters. The lowest BCUT2D eigenvalue weighted by atomic mass is 10.2. The van der Waals surface area contributed by atoms with Crippen molar-refractivity contribution in [2.24, 2.45) is 0 Å². The highest BCUT2D eigenvalue weighted by atomic mass is 32.1. The van der Waals surface area contributed by atoms with E-state index < -0.39 is 0 Å². The Morgan fingerprint density at radius 2 is 2.33 bits per heavy atom. The first kappa shape index (κ1) is 12.6. The maximum atomic E-state index is 5.26. The Bertz CT molecular complexity index is 757. The highest BCUT2D eigenvalue weighted by Crippen LogP contribution is 2.19. The van der Waals surface area contributed by atoms with Crippen LogP contribution in [0.25, 0.3) is 11.6 Å². The minimum Gasteiger partial charge on any atom is -0.332 e. The summed E-state index contributed by atoms with van der Waals surface area (Å²) < 4.78 is 7.09. The Hall–Kier alpha value is -2.13. The highest BCUT2D eigenvalue weighted by Gasteiger charge is 2.22. The summed E-state index contributed by atoms with van der Waals surface area (Å²) in [5.74, 6) is 1.01. The maximum absolute atomic E-state index is 5.26. The fraction of sp³-hybridized carbons (Fsp3) is 0.417. The van der Waals surface area contributed by atoms with Gasteiger partial charge in [-0.15, -0.1) is 16.4 Å². The average Bonchev–Trinajstić information content (AvgIpc) is 3.09. The normalized spacial score (nSPS) is 15.3. The molecule has 9 heteroatoms. The zero-order valence-electron chi connectivity index (χ0n) is 11.4.